The van der Waals surface area contributed by atoms with Gasteiger partial charge in [-0.1, -0.05) is 41.4 Å². The van der Waals surface area contributed by atoms with Gasteiger partial charge in [-0.3, -0.25) is 24.0 Å². The number of carboxylic acid groups (broad SMARTS) is 1. The second-order valence-electron chi connectivity index (χ2n) is 8.20. The van der Waals surface area contributed by atoms with Crippen molar-refractivity contribution in [1.29, 1.82) is 0 Å². The van der Waals surface area contributed by atoms with Crippen molar-refractivity contribution in [3.63, 3.8) is 0 Å². The minimum atomic E-state index is -1.72. The predicted octanol–water partition coefficient (Wildman–Crippen LogP) is 0.850. The Balaban J connectivity index is 1.49. The van der Waals surface area contributed by atoms with Gasteiger partial charge in [-0.05, 0) is 40.3 Å². The van der Waals surface area contributed by atoms with Crippen LogP contribution in [0.2, 0.25) is 10.0 Å². The average Bonchev–Trinajstić information content (AvgIpc) is 3.25. The number of ketones is 1. The maximum Gasteiger partial charge on any atom is 0.305 e. The number of halogens is 2. The maximum atomic E-state index is 13.1. The first-order chi connectivity index (χ1) is 18.1. The standard InChI is InChI=1S/C23H19Cl2N7O6/c24-13-5-3-6-14(25)12(13)8-18-29-30-31-32(18)10-17(33)16(9-19(34)35)27-23(38)20-22(37)26-15-7-2-1-4-11(15)21(36)28-20/h1-7,16,20H,8-10H2,(H,26,37)(H,27,38)(H,28,36)(H,34,35). The molecule has 2 atom stereocenters. The van der Waals surface area contributed by atoms with Crippen molar-refractivity contribution in [2.24, 2.45) is 0 Å². The van der Waals surface area contributed by atoms with E-state index in [1.165, 1.54) is 12.1 Å². The average molecular weight is 560 g/mol. The summed E-state index contributed by atoms with van der Waals surface area (Å²) in [6.45, 7) is -0.503. The highest BCUT2D eigenvalue weighted by Crippen LogP contribution is 2.26. The molecule has 3 amide bonds. The third kappa shape index (κ3) is 5.95. The van der Waals surface area contributed by atoms with Gasteiger partial charge in [0.2, 0.25) is 0 Å². The van der Waals surface area contributed by atoms with Crippen LogP contribution in [-0.2, 0) is 32.1 Å². The van der Waals surface area contributed by atoms with E-state index in [1.54, 1.807) is 30.3 Å². The molecule has 0 aliphatic carbocycles. The number of aromatic nitrogens is 4. The smallest absolute Gasteiger partial charge is 0.305 e. The summed E-state index contributed by atoms with van der Waals surface area (Å²) < 4.78 is 1.12. The summed E-state index contributed by atoms with van der Waals surface area (Å²) >= 11 is 12.4. The molecule has 0 saturated heterocycles. The summed E-state index contributed by atoms with van der Waals surface area (Å²) in [5, 5.41) is 28.3. The lowest BCUT2D eigenvalue weighted by Gasteiger charge is -2.20. The van der Waals surface area contributed by atoms with Crippen molar-refractivity contribution in [2.75, 3.05) is 5.32 Å². The van der Waals surface area contributed by atoms with E-state index in [-0.39, 0.29) is 23.5 Å². The predicted molar refractivity (Wildman–Crippen MR) is 133 cm³/mol. The lowest BCUT2D eigenvalue weighted by atomic mass is 10.1. The fraction of sp³-hybridized carbons (Fsp3) is 0.217. The molecule has 196 valence electrons. The third-order valence-corrected chi connectivity index (χ3v) is 6.33. The molecule has 1 aliphatic heterocycles. The van der Waals surface area contributed by atoms with Gasteiger partial charge in [0.05, 0.1) is 23.7 Å². The van der Waals surface area contributed by atoms with Crippen LogP contribution in [-0.4, -0.2) is 66.9 Å². The number of Topliss-reactive ketones (excluding diaryl/α,β-unsaturated/α-hetero) is 1. The number of fused-ring (bicyclic) bond motifs is 1. The second kappa shape index (κ2) is 11.4. The zero-order chi connectivity index (χ0) is 27.4. The number of benzene rings is 2. The Bertz CT molecular complexity index is 1420. The Morgan fingerprint density at radius 2 is 1.79 bits per heavy atom. The van der Waals surface area contributed by atoms with Gasteiger partial charge < -0.3 is 21.1 Å². The number of hydrogen-bond donors (Lipinski definition) is 4. The molecule has 0 radical (unpaired) electrons. The third-order valence-electron chi connectivity index (χ3n) is 5.62. The topological polar surface area (TPSA) is 185 Å². The number of carboxylic acids is 1. The highest BCUT2D eigenvalue weighted by molar-refractivity contribution is 6.36. The number of rotatable bonds is 9. The molecule has 0 fully saturated rings. The number of nitrogens with zero attached hydrogens (tertiary/aromatic N) is 4. The number of nitrogens with one attached hydrogen (secondary N) is 3. The van der Waals surface area contributed by atoms with Crippen molar-refractivity contribution >= 4 is 58.4 Å². The maximum absolute atomic E-state index is 13.1. The van der Waals surface area contributed by atoms with Gasteiger partial charge in [-0.25, -0.2) is 4.68 Å². The van der Waals surface area contributed by atoms with E-state index in [0.717, 1.165) is 4.68 Å². The normalized spacial score (nSPS) is 15.5. The fourth-order valence-corrected chi connectivity index (χ4v) is 4.25. The number of carbonyl (C=O) groups excluding carboxylic acids is 4. The molecule has 2 unspecified atom stereocenters. The molecule has 0 bridgehead atoms. The molecule has 4 rings (SSSR count). The number of anilines is 1. The van der Waals surface area contributed by atoms with Crippen molar-refractivity contribution in [1.82, 2.24) is 30.8 Å². The summed E-state index contributed by atoms with van der Waals surface area (Å²) in [6, 6.07) is 7.77. The summed E-state index contributed by atoms with van der Waals surface area (Å²) in [5.74, 6) is -4.56. The van der Waals surface area contributed by atoms with E-state index >= 15 is 0 Å². The first-order valence-corrected chi connectivity index (χ1v) is 11.8. The molecule has 2 aromatic carbocycles. The quantitative estimate of drug-likeness (QED) is 0.276. The zero-order valence-electron chi connectivity index (χ0n) is 19.4. The molecule has 1 aliphatic rings. The van der Waals surface area contributed by atoms with Crippen LogP contribution in [0.25, 0.3) is 0 Å². The molecular weight excluding hydrogens is 541 g/mol. The van der Waals surface area contributed by atoms with Gasteiger partial charge in [0.15, 0.2) is 17.6 Å². The van der Waals surface area contributed by atoms with E-state index < -0.39 is 54.5 Å². The molecule has 0 spiro atoms. The lowest BCUT2D eigenvalue weighted by Crippen LogP contribution is -2.56. The number of amides is 3. The Morgan fingerprint density at radius 1 is 1.08 bits per heavy atom. The molecular formula is C23H19Cl2N7O6. The number of hydrogen-bond acceptors (Lipinski definition) is 8. The molecule has 0 saturated carbocycles. The van der Waals surface area contributed by atoms with E-state index in [1.807, 2.05) is 0 Å². The summed E-state index contributed by atoms with van der Waals surface area (Å²) in [6.07, 6.45) is -0.718. The van der Waals surface area contributed by atoms with Crippen LogP contribution in [0.4, 0.5) is 5.69 Å². The van der Waals surface area contributed by atoms with Crippen molar-refractivity contribution in [3.8, 4) is 0 Å². The van der Waals surface area contributed by atoms with Crippen molar-refractivity contribution in [2.45, 2.75) is 31.5 Å². The van der Waals surface area contributed by atoms with Gasteiger partial charge in [0.1, 0.15) is 6.54 Å². The zero-order valence-corrected chi connectivity index (χ0v) is 20.9. The largest absolute Gasteiger partial charge is 0.481 e. The summed E-state index contributed by atoms with van der Waals surface area (Å²) in [4.78, 5) is 62.6. The van der Waals surface area contributed by atoms with Gasteiger partial charge in [0.25, 0.3) is 17.7 Å². The highest BCUT2D eigenvalue weighted by Gasteiger charge is 2.36. The Labute approximate surface area is 224 Å². The van der Waals surface area contributed by atoms with Gasteiger partial charge in [-0.15, -0.1) is 5.10 Å². The van der Waals surface area contributed by atoms with Crippen LogP contribution in [0.1, 0.15) is 28.2 Å². The molecule has 2 heterocycles. The van der Waals surface area contributed by atoms with Crippen LogP contribution < -0.4 is 16.0 Å². The molecule has 15 heteroatoms. The highest BCUT2D eigenvalue weighted by atomic mass is 35.5. The fourth-order valence-electron chi connectivity index (χ4n) is 3.72. The minimum absolute atomic E-state index is 0.0730. The van der Waals surface area contributed by atoms with Gasteiger partial charge >= 0.3 is 5.97 Å². The molecule has 1 aromatic heterocycles. The Hall–Kier alpha value is -4.36. The van der Waals surface area contributed by atoms with Gasteiger partial charge in [-0.2, -0.15) is 0 Å². The number of tetrazole rings is 1. The van der Waals surface area contributed by atoms with E-state index in [9.17, 15) is 29.1 Å². The first-order valence-electron chi connectivity index (χ1n) is 11.1. The van der Waals surface area contributed by atoms with Gasteiger partial charge in [0, 0.05) is 16.5 Å². The molecule has 13 nitrogen and oxygen atoms in total. The minimum Gasteiger partial charge on any atom is -0.481 e. The Morgan fingerprint density at radius 3 is 2.50 bits per heavy atom. The number of aliphatic carboxylic acids is 1. The van der Waals surface area contributed by atoms with Crippen LogP contribution in [0, 0.1) is 0 Å². The second-order valence-corrected chi connectivity index (χ2v) is 9.01. The van der Waals surface area contributed by atoms with E-state index in [4.69, 9.17) is 23.2 Å². The van der Waals surface area contributed by atoms with E-state index in [0.29, 0.717) is 15.6 Å². The molecule has 38 heavy (non-hydrogen) atoms. The molecule has 4 N–H and O–H groups in total. The van der Waals surface area contributed by atoms with Crippen LogP contribution in [0.3, 0.4) is 0 Å². The van der Waals surface area contributed by atoms with Crippen molar-refractivity contribution < 1.29 is 29.1 Å². The van der Waals surface area contributed by atoms with Crippen LogP contribution in [0.15, 0.2) is 42.5 Å². The lowest BCUT2D eigenvalue weighted by molar-refractivity contribution is -0.140. The molecule has 3 aromatic rings. The summed E-state index contributed by atoms with van der Waals surface area (Å²) in [5.41, 5.74) is 0.860. The number of para-hydroxylation sites is 1. The number of carbonyl (C=O) groups is 5. The Kier molecular flexibility index (Phi) is 7.98. The van der Waals surface area contributed by atoms with E-state index in [2.05, 4.69) is 31.5 Å². The SMILES string of the molecule is O=C(O)CC(NC(=O)C1NC(=O)c2ccccc2NC1=O)C(=O)Cn1nnnc1Cc1c(Cl)cccc1Cl. The monoisotopic (exact) mass is 559 g/mol. The van der Waals surface area contributed by atoms with Crippen molar-refractivity contribution in [3.05, 3.63) is 69.5 Å². The first kappa shape index (κ1) is 26.7. The van der Waals surface area contributed by atoms with Crippen LogP contribution >= 0.6 is 23.2 Å². The summed E-state index contributed by atoms with van der Waals surface area (Å²) in [7, 11) is 0. The van der Waals surface area contributed by atoms with Crippen LogP contribution in [0.5, 0.6) is 0 Å².